The first-order valence-corrected chi connectivity index (χ1v) is 15.0. The van der Waals surface area contributed by atoms with Crippen LogP contribution in [0.25, 0.3) is 11.2 Å². The maximum Gasteiger partial charge on any atom is 0.519 e. The van der Waals surface area contributed by atoms with Crippen LogP contribution in [0.5, 0.6) is 5.75 Å². The summed E-state index contributed by atoms with van der Waals surface area (Å²) in [6.45, 7) is 11.8. The van der Waals surface area contributed by atoms with E-state index in [4.69, 9.17) is 34.6 Å². The second-order valence-electron chi connectivity index (χ2n) is 12.3. The van der Waals surface area contributed by atoms with E-state index >= 15 is 0 Å². The number of aliphatic hydroxyl groups excluding tert-OH is 1. The van der Waals surface area contributed by atoms with E-state index in [9.17, 15) is 19.5 Å². The van der Waals surface area contributed by atoms with E-state index in [1.807, 2.05) is 33.8 Å². The van der Waals surface area contributed by atoms with Gasteiger partial charge in [-0.15, -0.1) is 0 Å². The fourth-order valence-corrected chi connectivity index (χ4v) is 6.12. The molecule has 4 heterocycles. The van der Waals surface area contributed by atoms with Gasteiger partial charge in [-0.05, 0) is 56.5 Å². The number of halogens is 1. The molecule has 1 aliphatic heterocycles. The molecule has 1 saturated heterocycles. The number of nitrogens with one attached hydrogen (secondary N) is 1. The van der Waals surface area contributed by atoms with E-state index in [0.29, 0.717) is 22.7 Å². The zero-order valence-electron chi connectivity index (χ0n) is 26.6. The molecule has 0 unspecified atom stereocenters. The van der Waals surface area contributed by atoms with Crippen molar-refractivity contribution >= 4 is 40.5 Å². The Hall–Kier alpha value is -4.27. The summed E-state index contributed by atoms with van der Waals surface area (Å²) < 4.78 is 29.3. The fourth-order valence-electron chi connectivity index (χ4n) is 5.95. The number of carbonyl (C=O) groups is 2. The Balaban J connectivity index is 1.35. The van der Waals surface area contributed by atoms with Gasteiger partial charge in [0.2, 0.25) is 5.28 Å². The number of imidazole rings is 1. The predicted octanol–water partition coefficient (Wildman–Crippen LogP) is 4.44. The van der Waals surface area contributed by atoms with Crippen LogP contribution in [-0.4, -0.2) is 54.9 Å². The van der Waals surface area contributed by atoms with Gasteiger partial charge in [0.05, 0.1) is 25.9 Å². The van der Waals surface area contributed by atoms with Crippen LogP contribution in [-0.2, 0) is 31.0 Å². The number of aliphatic hydroxyl groups is 1. The lowest BCUT2D eigenvalue weighted by Gasteiger charge is -2.31. The summed E-state index contributed by atoms with van der Waals surface area (Å²) in [5.74, 6) is -0.488. The number of rotatable bonds is 10. The number of benzene rings is 1. The minimum absolute atomic E-state index is 0.0318. The molecule has 0 radical (unpaired) electrons. The highest BCUT2D eigenvalue weighted by atomic mass is 35.5. The van der Waals surface area contributed by atoms with Crippen molar-refractivity contribution in [2.24, 2.45) is 0 Å². The molecule has 0 bridgehead atoms. The first-order chi connectivity index (χ1) is 21.6. The Kier molecular flexibility index (Phi) is 8.99. The molecular weight excluding hydrogens is 622 g/mol. The van der Waals surface area contributed by atoms with Gasteiger partial charge in [0.1, 0.15) is 29.4 Å². The second kappa shape index (κ2) is 12.5. The van der Waals surface area contributed by atoms with Gasteiger partial charge in [0, 0.05) is 24.3 Å². The van der Waals surface area contributed by atoms with Crippen molar-refractivity contribution in [3.05, 3.63) is 62.6 Å². The van der Waals surface area contributed by atoms with Gasteiger partial charge in [-0.2, -0.15) is 9.97 Å². The number of hydrogen-bond acceptors (Lipinski definition) is 13. The molecule has 5 rings (SSSR count). The lowest BCUT2D eigenvalue weighted by molar-refractivity contribution is -0.165. The van der Waals surface area contributed by atoms with Crippen molar-refractivity contribution in [3.8, 4) is 5.75 Å². The zero-order chi connectivity index (χ0) is 33.6. The van der Waals surface area contributed by atoms with Gasteiger partial charge in [-0.25, -0.2) is 9.78 Å². The smallest absolute Gasteiger partial charge is 0.459 e. The van der Waals surface area contributed by atoms with Crippen LogP contribution in [0.15, 0.2) is 32.1 Å². The van der Waals surface area contributed by atoms with E-state index < -0.39 is 47.7 Å². The average Bonchev–Trinajstić information content (AvgIpc) is 3.60. The van der Waals surface area contributed by atoms with Gasteiger partial charge in [-0.3, -0.25) is 14.2 Å². The highest BCUT2D eigenvalue weighted by Gasteiger charge is 2.49. The highest BCUT2D eigenvalue weighted by molar-refractivity contribution is 6.28. The largest absolute Gasteiger partial charge is 0.519 e. The molecule has 246 valence electrons. The number of nitrogens with zero attached hydrogens (tertiary/aromatic N) is 4. The molecule has 15 heteroatoms. The zero-order valence-corrected chi connectivity index (χ0v) is 27.4. The molecule has 4 aromatic rings. The third-order valence-corrected chi connectivity index (χ3v) is 8.18. The quantitative estimate of drug-likeness (QED) is 0.139. The van der Waals surface area contributed by atoms with Gasteiger partial charge in [0.25, 0.3) is 0 Å². The number of hydrogen-bond donors (Lipinski definition) is 2. The Morgan fingerprint density at radius 2 is 1.96 bits per heavy atom. The number of esters is 2. The number of aromatic nitrogens is 4. The molecule has 14 nitrogen and oxygen atoms in total. The molecule has 2 N–H and O–H groups in total. The van der Waals surface area contributed by atoms with Crippen LogP contribution < -0.4 is 15.9 Å². The van der Waals surface area contributed by atoms with Crippen LogP contribution in [0, 0.1) is 20.8 Å². The Labute approximate surface area is 269 Å². The van der Waals surface area contributed by atoms with Gasteiger partial charge < -0.3 is 33.5 Å². The van der Waals surface area contributed by atoms with Crippen LogP contribution in [0.3, 0.4) is 0 Å². The standard InChI is InChI=1S/C31H36ClN5O9/c1-15-8-16(2)24(19(9-15)43-18(4)39)30(5,6)11-23(40)45-21-10-22(46-31(21,7)13-38)37-14-34-25-26(35-28(32)36-27(25)37)33-12-20-17(3)42-29(41)44-20/h8-9,14,21-22,38H,10-13H2,1-7H3,(H,33,35,36)/t21-,22+,31+/m0/s1. The topological polar surface area (TPSA) is 181 Å². The summed E-state index contributed by atoms with van der Waals surface area (Å²) in [6, 6.07) is 3.74. The van der Waals surface area contributed by atoms with Crippen LogP contribution >= 0.6 is 11.6 Å². The highest BCUT2D eigenvalue weighted by Crippen LogP contribution is 2.42. The molecule has 46 heavy (non-hydrogen) atoms. The summed E-state index contributed by atoms with van der Waals surface area (Å²) in [5, 5.41) is 13.3. The van der Waals surface area contributed by atoms with E-state index in [2.05, 4.69) is 20.3 Å². The maximum absolute atomic E-state index is 13.4. The Morgan fingerprint density at radius 1 is 1.22 bits per heavy atom. The molecule has 0 spiro atoms. The van der Waals surface area contributed by atoms with E-state index in [1.54, 1.807) is 24.5 Å². The number of ether oxygens (including phenoxy) is 3. The summed E-state index contributed by atoms with van der Waals surface area (Å²) in [4.78, 5) is 49.7. The number of carbonyl (C=O) groups excluding carboxylic acids is 2. The minimum atomic E-state index is -1.24. The van der Waals surface area contributed by atoms with Crippen molar-refractivity contribution in [2.75, 3.05) is 11.9 Å². The Bertz CT molecular complexity index is 1860. The van der Waals surface area contributed by atoms with Crippen molar-refractivity contribution < 1.29 is 37.7 Å². The SMILES string of the molecule is CC(=O)Oc1cc(C)cc(C)c1C(C)(C)CC(=O)O[C@H]1C[C@H](n2cnc3c(NCc4oc(=O)oc4C)nc(Cl)nc32)O[C@]1(C)CO. The van der Waals surface area contributed by atoms with Crippen molar-refractivity contribution in [1.82, 2.24) is 19.5 Å². The van der Waals surface area contributed by atoms with Crippen LogP contribution in [0.4, 0.5) is 5.82 Å². The number of aryl methyl sites for hydroxylation is 3. The molecule has 3 aromatic heterocycles. The lowest BCUT2D eigenvalue weighted by atomic mass is 9.78. The van der Waals surface area contributed by atoms with Crippen LogP contribution in [0.1, 0.15) is 75.0 Å². The second-order valence-corrected chi connectivity index (χ2v) is 12.7. The molecule has 0 amide bonds. The summed E-state index contributed by atoms with van der Waals surface area (Å²) in [6.07, 6.45) is 0.0979. The predicted molar refractivity (Wildman–Crippen MR) is 165 cm³/mol. The summed E-state index contributed by atoms with van der Waals surface area (Å²) >= 11 is 6.25. The normalized spacial score (nSPS) is 19.8. The van der Waals surface area contributed by atoms with E-state index in [0.717, 1.165) is 16.7 Å². The van der Waals surface area contributed by atoms with Gasteiger partial charge in [-0.1, -0.05) is 19.9 Å². The monoisotopic (exact) mass is 657 g/mol. The van der Waals surface area contributed by atoms with Gasteiger partial charge in [0.15, 0.2) is 22.7 Å². The minimum Gasteiger partial charge on any atom is -0.459 e. The average molecular weight is 658 g/mol. The molecule has 1 aliphatic rings. The first-order valence-electron chi connectivity index (χ1n) is 14.6. The van der Waals surface area contributed by atoms with Crippen LogP contribution in [0.2, 0.25) is 5.28 Å². The van der Waals surface area contributed by atoms with E-state index in [1.165, 1.54) is 13.3 Å². The molecule has 1 aromatic carbocycles. The summed E-state index contributed by atoms with van der Waals surface area (Å²) in [5.41, 5.74) is 1.23. The molecule has 3 atom stereocenters. The molecule has 0 saturated carbocycles. The fraction of sp³-hybridized carbons (Fsp3) is 0.484. The van der Waals surface area contributed by atoms with Gasteiger partial charge >= 0.3 is 17.8 Å². The van der Waals surface area contributed by atoms with Crippen molar-refractivity contribution in [3.63, 3.8) is 0 Å². The summed E-state index contributed by atoms with van der Waals surface area (Å²) in [7, 11) is 0. The maximum atomic E-state index is 13.4. The third kappa shape index (κ3) is 6.64. The molecule has 0 aliphatic carbocycles. The number of anilines is 1. The first kappa shape index (κ1) is 33.1. The van der Waals surface area contributed by atoms with Crippen molar-refractivity contribution in [1.29, 1.82) is 0 Å². The Morgan fingerprint density at radius 3 is 2.61 bits per heavy atom. The third-order valence-electron chi connectivity index (χ3n) is 8.01. The molecular formula is C31H36ClN5O9. The molecule has 1 fully saturated rings. The number of fused-ring (bicyclic) bond motifs is 1. The van der Waals surface area contributed by atoms with Crippen molar-refractivity contribution in [2.45, 2.75) is 91.2 Å². The van der Waals surface area contributed by atoms with E-state index in [-0.39, 0.29) is 36.2 Å². The lowest BCUT2D eigenvalue weighted by Crippen LogP contribution is -2.43.